The molecule has 2 heterocycles. The molecule has 0 saturated carbocycles. The lowest BCUT2D eigenvalue weighted by atomic mass is 10.1. The number of nitrogens with zero attached hydrogens (tertiary/aromatic N) is 2. The number of carbonyl (C=O) groups excluding carboxylic acids is 1. The third-order valence-corrected chi connectivity index (χ3v) is 4.84. The molecular weight excluding hydrogens is 454 g/mol. The Labute approximate surface area is 180 Å². The Hall–Kier alpha value is -3.59. The van der Waals surface area contributed by atoms with E-state index in [2.05, 4.69) is 36.0 Å². The lowest BCUT2D eigenvalue weighted by molar-refractivity contribution is -0.142. The Kier molecular flexibility index (Phi) is 5.80. The molecule has 8 nitrogen and oxygen atoms in total. The minimum Gasteiger partial charge on any atom is -0.481 e. The number of oxazole rings is 2. The average Bonchev–Trinajstić information content (AvgIpc) is 3.45. The van der Waals surface area contributed by atoms with Crippen molar-refractivity contribution in [3.8, 4) is 28.4 Å². The number of hydrogen-bond acceptors (Lipinski definition) is 8. The minimum atomic E-state index is -0.498. The molecule has 2 aromatic carbocycles. The first kappa shape index (κ1) is 19.7. The largest absolute Gasteiger partial charge is 0.481 e. The van der Waals surface area contributed by atoms with Gasteiger partial charge in [0.25, 0.3) is 6.01 Å². The van der Waals surface area contributed by atoms with Crippen molar-refractivity contribution in [3.05, 3.63) is 65.7 Å². The van der Waals surface area contributed by atoms with E-state index >= 15 is 0 Å². The van der Waals surface area contributed by atoms with Crippen LogP contribution < -0.4 is 10.1 Å². The summed E-state index contributed by atoms with van der Waals surface area (Å²) in [4.78, 5) is 19.7. The van der Waals surface area contributed by atoms with E-state index in [4.69, 9.17) is 13.6 Å². The topological polar surface area (TPSA) is 99.6 Å². The molecule has 0 aliphatic rings. The van der Waals surface area contributed by atoms with Gasteiger partial charge < -0.3 is 23.6 Å². The van der Waals surface area contributed by atoms with Crippen molar-refractivity contribution in [2.24, 2.45) is 0 Å². The highest BCUT2D eigenvalue weighted by Gasteiger charge is 2.14. The zero-order valence-electron chi connectivity index (χ0n) is 15.8. The monoisotopic (exact) mass is 469 g/mol. The van der Waals surface area contributed by atoms with E-state index in [0.29, 0.717) is 34.5 Å². The molecule has 152 valence electrons. The maximum absolute atomic E-state index is 11.5. The number of hydrogen-bond donors (Lipinski definition) is 1. The summed E-state index contributed by atoms with van der Waals surface area (Å²) in [6.07, 6.45) is 4.52. The number of rotatable bonds is 7. The lowest BCUT2D eigenvalue weighted by Gasteiger charge is -2.11. The maximum Gasteiger partial charge on any atom is 0.343 e. The second-order valence-corrected chi connectivity index (χ2v) is 6.93. The van der Waals surface area contributed by atoms with Crippen LogP contribution in [0.3, 0.4) is 0 Å². The van der Waals surface area contributed by atoms with Crippen LogP contribution in [0.4, 0.5) is 11.7 Å². The molecule has 4 rings (SSSR count). The van der Waals surface area contributed by atoms with Gasteiger partial charge in [0.2, 0.25) is 0 Å². The molecule has 0 unspecified atom stereocenters. The fourth-order valence-electron chi connectivity index (χ4n) is 2.71. The quantitative estimate of drug-likeness (QED) is 0.375. The third kappa shape index (κ3) is 4.36. The van der Waals surface area contributed by atoms with Crippen LogP contribution >= 0.6 is 15.9 Å². The predicted octanol–water partition coefficient (Wildman–Crippen LogP) is 5.05. The van der Waals surface area contributed by atoms with E-state index in [-0.39, 0.29) is 6.61 Å². The van der Waals surface area contributed by atoms with E-state index in [1.54, 1.807) is 24.5 Å². The molecule has 0 fully saturated rings. The molecule has 0 aliphatic carbocycles. The Morgan fingerprint density at radius 1 is 1.13 bits per heavy atom. The fraction of sp³-hybridized carbons (Fsp3) is 0.0952. The van der Waals surface area contributed by atoms with Crippen molar-refractivity contribution < 1.29 is 23.1 Å². The van der Waals surface area contributed by atoms with Gasteiger partial charge in [-0.3, -0.25) is 0 Å². The Balaban J connectivity index is 1.59. The number of halogens is 1. The van der Waals surface area contributed by atoms with Crippen LogP contribution in [0.2, 0.25) is 0 Å². The summed E-state index contributed by atoms with van der Waals surface area (Å²) in [6.45, 7) is -0.244. The van der Waals surface area contributed by atoms with Gasteiger partial charge in [0.05, 0.1) is 25.1 Å². The van der Waals surface area contributed by atoms with Gasteiger partial charge in [-0.25, -0.2) is 14.8 Å². The normalized spacial score (nSPS) is 10.6. The van der Waals surface area contributed by atoms with Crippen LogP contribution in [0, 0.1) is 0 Å². The molecule has 0 aliphatic heterocycles. The summed E-state index contributed by atoms with van der Waals surface area (Å²) in [7, 11) is 1.30. The molecule has 1 N–H and O–H groups in total. The summed E-state index contributed by atoms with van der Waals surface area (Å²) < 4.78 is 22.3. The number of benzene rings is 2. The second-order valence-electron chi connectivity index (χ2n) is 6.08. The number of ether oxygens (including phenoxy) is 2. The zero-order valence-corrected chi connectivity index (χ0v) is 17.4. The van der Waals surface area contributed by atoms with Gasteiger partial charge in [0, 0.05) is 21.8 Å². The molecule has 30 heavy (non-hydrogen) atoms. The number of esters is 1. The molecular formula is C21H16BrN3O5. The molecule has 2 aromatic heterocycles. The Bertz CT molecular complexity index is 1160. The van der Waals surface area contributed by atoms with Gasteiger partial charge in [-0.1, -0.05) is 34.1 Å². The highest BCUT2D eigenvalue weighted by Crippen LogP contribution is 2.34. The fourth-order valence-corrected chi connectivity index (χ4v) is 3.19. The van der Waals surface area contributed by atoms with Crippen molar-refractivity contribution in [2.45, 2.75) is 0 Å². The van der Waals surface area contributed by atoms with Crippen LogP contribution in [0.5, 0.6) is 5.75 Å². The molecule has 0 atom stereocenters. The smallest absolute Gasteiger partial charge is 0.343 e. The highest BCUT2D eigenvalue weighted by atomic mass is 79.9. The number of methoxy groups -OCH3 is 1. The number of aromatic nitrogens is 2. The third-order valence-electron chi connectivity index (χ3n) is 4.15. The molecule has 9 heteroatoms. The molecule has 0 radical (unpaired) electrons. The van der Waals surface area contributed by atoms with Crippen molar-refractivity contribution in [1.82, 2.24) is 9.97 Å². The van der Waals surface area contributed by atoms with Crippen molar-refractivity contribution in [2.75, 3.05) is 19.0 Å². The van der Waals surface area contributed by atoms with Gasteiger partial charge >= 0.3 is 5.97 Å². The lowest BCUT2D eigenvalue weighted by Crippen LogP contribution is -2.13. The SMILES string of the molecule is COC(=O)COc1cc(Nc2ncc(-c3ccccc3Br)o2)ccc1-c1cnco1. The first-order valence-corrected chi connectivity index (χ1v) is 9.63. The average molecular weight is 470 g/mol. The van der Waals surface area contributed by atoms with E-state index < -0.39 is 5.97 Å². The van der Waals surface area contributed by atoms with Crippen LogP contribution in [0.25, 0.3) is 22.6 Å². The number of nitrogens with one attached hydrogen (secondary N) is 1. The number of carbonyl (C=O) groups is 1. The standard InChI is InChI=1S/C21H16BrN3O5/c1-27-20(26)11-28-17-8-13(6-7-15(17)18-9-23-12-29-18)25-21-24-10-19(30-21)14-4-2-3-5-16(14)22/h2-10,12H,11H2,1H3,(H,24,25). The first-order chi connectivity index (χ1) is 14.6. The molecule has 0 saturated heterocycles. The minimum absolute atomic E-state index is 0.244. The highest BCUT2D eigenvalue weighted by molar-refractivity contribution is 9.10. The summed E-state index contributed by atoms with van der Waals surface area (Å²) in [5.74, 6) is 1.04. The van der Waals surface area contributed by atoms with Crippen molar-refractivity contribution >= 4 is 33.6 Å². The molecule has 0 spiro atoms. The van der Waals surface area contributed by atoms with Crippen LogP contribution in [0.1, 0.15) is 0 Å². The molecule has 0 amide bonds. The van der Waals surface area contributed by atoms with E-state index in [9.17, 15) is 4.79 Å². The Morgan fingerprint density at radius 3 is 2.77 bits per heavy atom. The predicted molar refractivity (Wildman–Crippen MR) is 112 cm³/mol. The van der Waals surface area contributed by atoms with Gasteiger partial charge in [0.15, 0.2) is 24.5 Å². The van der Waals surface area contributed by atoms with E-state index in [1.165, 1.54) is 13.5 Å². The summed E-state index contributed by atoms with van der Waals surface area (Å²) in [6, 6.07) is 13.3. The number of anilines is 2. The zero-order chi connectivity index (χ0) is 20.9. The van der Waals surface area contributed by atoms with Crippen LogP contribution in [-0.2, 0) is 9.53 Å². The van der Waals surface area contributed by atoms with Gasteiger partial charge in [-0.05, 0) is 18.2 Å². The summed E-state index contributed by atoms with van der Waals surface area (Å²) >= 11 is 3.50. The van der Waals surface area contributed by atoms with Crippen molar-refractivity contribution in [1.29, 1.82) is 0 Å². The van der Waals surface area contributed by atoms with E-state index in [0.717, 1.165) is 10.0 Å². The first-order valence-electron chi connectivity index (χ1n) is 8.84. The van der Waals surface area contributed by atoms with Gasteiger partial charge in [-0.15, -0.1) is 0 Å². The summed E-state index contributed by atoms with van der Waals surface area (Å²) in [5.41, 5.74) is 2.18. The Morgan fingerprint density at radius 2 is 2.00 bits per heavy atom. The summed E-state index contributed by atoms with van der Waals surface area (Å²) in [5, 5.41) is 3.09. The molecule has 4 aromatic rings. The van der Waals surface area contributed by atoms with Gasteiger partial charge in [-0.2, -0.15) is 0 Å². The maximum atomic E-state index is 11.5. The van der Waals surface area contributed by atoms with Gasteiger partial charge in [0.1, 0.15) is 5.75 Å². The van der Waals surface area contributed by atoms with Crippen molar-refractivity contribution in [3.63, 3.8) is 0 Å². The van der Waals surface area contributed by atoms with E-state index in [1.807, 2.05) is 30.3 Å². The molecule has 0 bridgehead atoms. The van der Waals surface area contributed by atoms with Crippen LogP contribution in [-0.4, -0.2) is 29.7 Å². The second kappa shape index (κ2) is 8.83. The van der Waals surface area contributed by atoms with Crippen LogP contribution in [0.15, 0.2) is 74.6 Å².